The van der Waals surface area contributed by atoms with Crippen molar-refractivity contribution in [2.24, 2.45) is 0 Å². The van der Waals surface area contributed by atoms with Gasteiger partial charge < -0.3 is 9.25 Å². The van der Waals surface area contributed by atoms with Crippen molar-refractivity contribution in [1.29, 1.82) is 0 Å². The van der Waals surface area contributed by atoms with E-state index < -0.39 is 0 Å². The van der Waals surface area contributed by atoms with Gasteiger partial charge in [-0.2, -0.15) is 0 Å². The molecule has 1 aromatic rings. The third kappa shape index (κ3) is 1.40. The minimum absolute atomic E-state index is 0.219. The number of imide groups is 1. The average Bonchev–Trinajstić information content (AvgIpc) is 2.70. The molecule has 0 saturated carbocycles. The summed E-state index contributed by atoms with van der Waals surface area (Å²) in [5, 5.41) is 0.769. The molecule has 68 valence electrons. The van der Waals surface area contributed by atoms with Crippen molar-refractivity contribution in [2.45, 2.75) is 12.8 Å². The van der Waals surface area contributed by atoms with Gasteiger partial charge in [0.1, 0.15) is 6.26 Å². The topological polar surface area (TPSA) is 59.8 Å². The van der Waals surface area contributed by atoms with Gasteiger partial charge in [0.2, 0.25) is 0 Å². The zero-order chi connectivity index (χ0) is 9.26. The van der Waals surface area contributed by atoms with Gasteiger partial charge in [-0.1, -0.05) is 0 Å². The molecule has 0 aromatic carbocycles. The van der Waals surface area contributed by atoms with Gasteiger partial charge in [0.15, 0.2) is 5.75 Å². The van der Waals surface area contributed by atoms with Crippen molar-refractivity contribution in [3.8, 4) is 5.75 Å². The maximum Gasteiger partial charge on any atom is 0.263 e. The van der Waals surface area contributed by atoms with Crippen LogP contribution in [-0.2, 0) is 9.59 Å². The van der Waals surface area contributed by atoms with Crippen LogP contribution in [0.2, 0.25) is 0 Å². The van der Waals surface area contributed by atoms with E-state index in [9.17, 15) is 9.59 Å². The molecule has 2 heterocycles. The first-order chi connectivity index (χ1) is 6.27. The smallest absolute Gasteiger partial charge is 0.263 e. The Morgan fingerprint density at radius 1 is 1.31 bits per heavy atom. The standard InChI is InChI=1S/C8H7NO4/c10-7-1-2-8(11)9(7)13-6-3-4-12-5-6/h3-5H,1-2H2. The second kappa shape index (κ2) is 2.93. The molecule has 0 radical (unpaired) electrons. The summed E-state index contributed by atoms with van der Waals surface area (Å²) < 4.78 is 4.72. The van der Waals surface area contributed by atoms with Gasteiger partial charge >= 0.3 is 0 Å². The van der Waals surface area contributed by atoms with E-state index in [0.29, 0.717) is 5.75 Å². The van der Waals surface area contributed by atoms with E-state index in [1.54, 1.807) is 0 Å². The Labute approximate surface area is 73.8 Å². The van der Waals surface area contributed by atoms with Gasteiger partial charge in [-0.15, -0.1) is 5.06 Å². The van der Waals surface area contributed by atoms with Crippen LogP contribution in [0.3, 0.4) is 0 Å². The van der Waals surface area contributed by atoms with Crippen molar-refractivity contribution in [2.75, 3.05) is 0 Å². The number of furan rings is 1. The number of rotatable bonds is 2. The number of hydrogen-bond acceptors (Lipinski definition) is 4. The Morgan fingerprint density at radius 3 is 2.54 bits per heavy atom. The number of hydroxylamine groups is 2. The molecule has 0 atom stereocenters. The molecule has 1 aliphatic rings. The number of nitrogens with zero attached hydrogens (tertiary/aromatic N) is 1. The fraction of sp³-hybridized carbons (Fsp3) is 0.250. The van der Waals surface area contributed by atoms with Crippen LogP contribution in [0.15, 0.2) is 23.0 Å². The second-order valence-electron chi connectivity index (χ2n) is 2.63. The first-order valence-corrected chi connectivity index (χ1v) is 3.83. The monoisotopic (exact) mass is 181 g/mol. The van der Waals surface area contributed by atoms with Gasteiger partial charge in [-0.25, -0.2) is 0 Å². The predicted molar refractivity (Wildman–Crippen MR) is 40.4 cm³/mol. The Kier molecular flexibility index (Phi) is 1.77. The summed E-state index contributed by atoms with van der Waals surface area (Å²) in [5.74, 6) is -0.277. The van der Waals surface area contributed by atoms with Gasteiger partial charge in [0, 0.05) is 18.9 Å². The van der Waals surface area contributed by atoms with E-state index in [4.69, 9.17) is 9.25 Å². The van der Waals surface area contributed by atoms with Crippen LogP contribution in [0.25, 0.3) is 0 Å². The summed E-state index contributed by atoms with van der Waals surface area (Å²) in [6.45, 7) is 0. The average molecular weight is 181 g/mol. The SMILES string of the molecule is O=C1CCC(=O)N1Oc1ccoc1. The molecule has 1 saturated heterocycles. The molecule has 2 rings (SSSR count). The molecular weight excluding hydrogens is 174 g/mol. The molecular formula is C8H7NO4. The van der Waals surface area contributed by atoms with Gasteiger partial charge in [-0.3, -0.25) is 9.59 Å². The summed E-state index contributed by atoms with van der Waals surface area (Å²) in [5.41, 5.74) is 0. The maximum absolute atomic E-state index is 11.1. The minimum atomic E-state index is -0.314. The van der Waals surface area contributed by atoms with E-state index in [0.717, 1.165) is 5.06 Å². The van der Waals surface area contributed by atoms with Crippen LogP contribution >= 0.6 is 0 Å². The highest BCUT2D eigenvalue weighted by Gasteiger charge is 2.31. The van der Waals surface area contributed by atoms with E-state index in [-0.39, 0.29) is 24.7 Å². The molecule has 0 aliphatic carbocycles. The summed E-state index contributed by atoms with van der Waals surface area (Å²) in [6.07, 6.45) is 3.16. The van der Waals surface area contributed by atoms with Crippen LogP contribution < -0.4 is 4.84 Å². The first kappa shape index (κ1) is 7.85. The Bertz CT molecular complexity index is 314. The maximum atomic E-state index is 11.1. The molecule has 13 heavy (non-hydrogen) atoms. The summed E-state index contributed by atoms with van der Waals surface area (Å²) in [4.78, 5) is 27.1. The third-order valence-corrected chi connectivity index (χ3v) is 1.70. The molecule has 0 spiro atoms. The lowest BCUT2D eigenvalue weighted by Gasteiger charge is -2.11. The number of amides is 2. The van der Waals surface area contributed by atoms with Crippen LogP contribution in [0, 0.1) is 0 Å². The van der Waals surface area contributed by atoms with Gasteiger partial charge in [0.05, 0.1) is 6.26 Å². The van der Waals surface area contributed by atoms with Crippen LogP contribution in [0.1, 0.15) is 12.8 Å². The van der Waals surface area contributed by atoms with Crippen molar-refractivity contribution in [1.82, 2.24) is 5.06 Å². The van der Waals surface area contributed by atoms with Crippen molar-refractivity contribution >= 4 is 11.8 Å². The second-order valence-corrected chi connectivity index (χ2v) is 2.63. The minimum Gasteiger partial charge on any atom is -0.468 e. The Balaban J connectivity index is 2.09. The molecule has 0 N–H and O–H groups in total. The molecule has 2 amide bonds. The Morgan fingerprint density at radius 2 is 2.00 bits per heavy atom. The van der Waals surface area contributed by atoms with Gasteiger partial charge in [0.25, 0.3) is 11.8 Å². The first-order valence-electron chi connectivity index (χ1n) is 3.83. The van der Waals surface area contributed by atoms with Crippen LogP contribution in [0.4, 0.5) is 0 Å². The van der Waals surface area contributed by atoms with Crippen molar-refractivity contribution in [3.05, 3.63) is 18.6 Å². The van der Waals surface area contributed by atoms with E-state index in [1.165, 1.54) is 18.6 Å². The number of carbonyl (C=O) groups excluding carboxylic acids is 2. The predicted octanol–water partition coefficient (Wildman–Crippen LogP) is 0.722. The quantitative estimate of drug-likeness (QED) is 0.631. The molecule has 1 aromatic heterocycles. The molecule has 5 heteroatoms. The van der Waals surface area contributed by atoms with E-state index in [1.807, 2.05) is 0 Å². The Hall–Kier alpha value is -1.78. The number of hydrogen-bond donors (Lipinski definition) is 0. The summed E-state index contributed by atoms with van der Waals surface area (Å²) >= 11 is 0. The number of carbonyl (C=O) groups is 2. The lowest BCUT2D eigenvalue weighted by Crippen LogP contribution is -2.32. The summed E-state index contributed by atoms with van der Waals surface area (Å²) in [6, 6.07) is 1.53. The lowest BCUT2D eigenvalue weighted by molar-refractivity contribution is -0.164. The van der Waals surface area contributed by atoms with Crippen LogP contribution in [0.5, 0.6) is 5.75 Å². The molecule has 1 aliphatic heterocycles. The zero-order valence-electron chi connectivity index (χ0n) is 6.73. The summed E-state index contributed by atoms with van der Waals surface area (Å²) in [7, 11) is 0. The van der Waals surface area contributed by atoms with E-state index >= 15 is 0 Å². The molecule has 0 bridgehead atoms. The van der Waals surface area contributed by atoms with Crippen molar-refractivity contribution < 1.29 is 18.8 Å². The molecule has 5 nitrogen and oxygen atoms in total. The lowest BCUT2D eigenvalue weighted by atomic mass is 10.4. The fourth-order valence-corrected chi connectivity index (χ4v) is 1.07. The highest BCUT2D eigenvalue weighted by Crippen LogP contribution is 2.17. The van der Waals surface area contributed by atoms with Crippen molar-refractivity contribution in [3.63, 3.8) is 0 Å². The van der Waals surface area contributed by atoms with E-state index in [2.05, 4.69) is 0 Å². The normalized spacial score (nSPS) is 16.8. The van der Waals surface area contributed by atoms with Crippen LogP contribution in [-0.4, -0.2) is 16.9 Å². The highest BCUT2D eigenvalue weighted by atomic mass is 16.7. The largest absolute Gasteiger partial charge is 0.468 e. The molecule has 1 fully saturated rings. The highest BCUT2D eigenvalue weighted by molar-refractivity contribution is 6.00. The third-order valence-electron chi connectivity index (χ3n) is 1.70. The molecule has 0 unspecified atom stereocenters. The zero-order valence-corrected chi connectivity index (χ0v) is 6.73. The fourth-order valence-electron chi connectivity index (χ4n) is 1.07. The van der Waals surface area contributed by atoms with Gasteiger partial charge in [-0.05, 0) is 0 Å².